The number of carbonyl (C=O) groups excluding carboxylic acids is 1. The van der Waals surface area contributed by atoms with Crippen molar-refractivity contribution in [3.63, 3.8) is 0 Å². The van der Waals surface area contributed by atoms with E-state index in [1.54, 1.807) is 13.8 Å². The van der Waals surface area contributed by atoms with E-state index < -0.39 is 4.92 Å². The van der Waals surface area contributed by atoms with Gasteiger partial charge in [-0.2, -0.15) is 5.10 Å². The minimum atomic E-state index is -0.459. The first-order valence-corrected chi connectivity index (χ1v) is 10.5. The number of benzene rings is 1. The smallest absolute Gasteiger partial charge is 0.312 e. The molecule has 8 nitrogen and oxygen atoms in total. The Hall–Kier alpha value is -2.74. The molecule has 0 unspecified atom stereocenters. The lowest BCUT2D eigenvalue weighted by Crippen LogP contribution is -2.38. The van der Waals surface area contributed by atoms with Gasteiger partial charge in [-0.3, -0.25) is 24.5 Å². The van der Waals surface area contributed by atoms with Gasteiger partial charge in [0.25, 0.3) is 0 Å². The molecule has 2 atom stereocenters. The van der Waals surface area contributed by atoms with Crippen LogP contribution in [-0.2, 0) is 24.4 Å². The molecular weight excluding hydrogens is 382 g/mol. The van der Waals surface area contributed by atoms with Crippen molar-refractivity contribution in [1.82, 2.24) is 20.0 Å². The predicted octanol–water partition coefficient (Wildman–Crippen LogP) is 3.20. The average molecular weight is 414 g/mol. The summed E-state index contributed by atoms with van der Waals surface area (Å²) in [6, 6.07) is 8.33. The summed E-state index contributed by atoms with van der Waals surface area (Å²) in [6.07, 6.45) is 1.31. The number of amides is 1. The summed E-state index contributed by atoms with van der Waals surface area (Å²) in [6.45, 7) is 11.4. The topological polar surface area (TPSA) is 93.3 Å². The van der Waals surface area contributed by atoms with Crippen LogP contribution in [0.25, 0.3) is 0 Å². The highest BCUT2D eigenvalue weighted by molar-refractivity contribution is 5.75. The number of aromatic nitrogens is 2. The van der Waals surface area contributed by atoms with Crippen LogP contribution in [0.3, 0.4) is 0 Å². The van der Waals surface area contributed by atoms with Gasteiger partial charge in [-0.1, -0.05) is 38.1 Å². The normalized spacial score (nSPS) is 19.6. The molecule has 3 rings (SSSR count). The van der Waals surface area contributed by atoms with Gasteiger partial charge in [-0.15, -0.1) is 0 Å². The van der Waals surface area contributed by atoms with E-state index in [-0.39, 0.29) is 18.1 Å². The summed E-state index contributed by atoms with van der Waals surface area (Å²) in [4.78, 5) is 25.4. The SMILES string of the molecule is Cc1nn(CC(=O)NCc2ccc(CN3C[C@@H](C)C[C@H](C)C3)cc2)c(C)c1[N+](=O)[O-]. The minimum absolute atomic E-state index is 0.0316. The zero-order chi connectivity index (χ0) is 21.8. The Morgan fingerprint density at radius 2 is 1.77 bits per heavy atom. The second-order valence-electron chi connectivity index (χ2n) is 8.67. The van der Waals surface area contributed by atoms with Crippen LogP contribution in [-0.4, -0.2) is 38.6 Å². The van der Waals surface area contributed by atoms with Crippen LogP contribution >= 0.6 is 0 Å². The Balaban J connectivity index is 1.51. The van der Waals surface area contributed by atoms with E-state index in [0.717, 1.165) is 37.0 Å². The number of carbonyl (C=O) groups is 1. The maximum atomic E-state index is 12.3. The van der Waals surface area contributed by atoms with Crippen molar-refractivity contribution < 1.29 is 9.72 Å². The van der Waals surface area contributed by atoms with Crippen molar-refractivity contribution in [3.8, 4) is 0 Å². The quantitative estimate of drug-likeness (QED) is 0.556. The standard InChI is InChI=1S/C22H31N5O3/c1-15-9-16(2)12-25(11-15)13-20-7-5-19(6-8-20)10-23-21(28)14-26-18(4)22(27(29)30)17(3)24-26/h5-8,15-16H,9-14H2,1-4H3,(H,23,28)/t15-,16-/m0/s1. The Morgan fingerprint density at radius 1 is 1.17 bits per heavy atom. The number of hydrogen-bond acceptors (Lipinski definition) is 5. The Morgan fingerprint density at radius 3 is 2.33 bits per heavy atom. The molecule has 1 N–H and O–H groups in total. The van der Waals surface area contributed by atoms with Crippen LogP contribution in [0, 0.1) is 35.8 Å². The molecule has 1 aromatic heterocycles. The fourth-order valence-corrected chi connectivity index (χ4v) is 4.44. The van der Waals surface area contributed by atoms with Crippen LogP contribution in [0.4, 0.5) is 5.69 Å². The lowest BCUT2D eigenvalue weighted by molar-refractivity contribution is -0.386. The van der Waals surface area contributed by atoms with E-state index in [1.807, 2.05) is 12.1 Å². The molecule has 2 aromatic rings. The first-order valence-electron chi connectivity index (χ1n) is 10.5. The number of hydrogen-bond donors (Lipinski definition) is 1. The van der Waals surface area contributed by atoms with Crippen LogP contribution in [0.1, 0.15) is 42.8 Å². The van der Waals surface area contributed by atoms with Crippen molar-refractivity contribution >= 4 is 11.6 Å². The van der Waals surface area contributed by atoms with Gasteiger partial charge < -0.3 is 5.32 Å². The minimum Gasteiger partial charge on any atom is -0.350 e. The van der Waals surface area contributed by atoms with E-state index >= 15 is 0 Å². The Kier molecular flexibility index (Phi) is 6.87. The monoisotopic (exact) mass is 413 g/mol. The van der Waals surface area contributed by atoms with Gasteiger partial charge in [-0.05, 0) is 43.2 Å². The van der Waals surface area contributed by atoms with E-state index in [1.165, 1.54) is 16.7 Å². The molecule has 0 aliphatic carbocycles. The van der Waals surface area contributed by atoms with Gasteiger partial charge in [0.05, 0.1) is 4.92 Å². The maximum absolute atomic E-state index is 12.3. The molecule has 2 heterocycles. The largest absolute Gasteiger partial charge is 0.350 e. The number of likely N-dealkylation sites (tertiary alicyclic amines) is 1. The third-order valence-electron chi connectivity index (χ3n) is 5.68. The molecule has 0 saturated carbocycles. The van der Waals surface area contributed by atoms with Crippen molar-refractivity contribution in [2.24, 2.45) is 11.8 Å². The molecule has 1 amide bonds. The molecule has 0 spiro atoms. The molecule has 1 fully saturated rings. The molecule has 0 bridgehead atoms. The summed E-state index contributed by atoms with van der Waals surface area (Å²) in [5, 5.41) is 18.1. The summed E-state index contributed by atoms with van der Waals surface area (Å²) in [7, 11) is 0. The molecule has 30 heavy (non-hydrogen) atoms. The lowest BCUT2D eigenvalue weighted by Gasteiger charge is -2.35. The van der Waals surface area contributed by atoms with Crippen LogP contribution in [0.15, 0.2) is 24.3 Å². The first kappa shape index (κ1) is 22.0. The van der Waals surface area contributed by atoms with Crippen molar-refractivity contribution in [2.45, 2.75) is 53.8 Å². The van der Waals surface area contributed by atoms with Gasteiger partial charge >= 0.3 is 5.69 Å². The molecule has 162 valence electrons. The number of nitrogens with zero attached hydrogens (tertiary/aromatic N) is 4. The van der Waals surface area contributed by atoms with Gasteiger partial charge in [0.2, 0.25) is 5.91 Å². The van der Waals surface area contributed by atoms with Gasteiger partial charge in [0, 0.05) is 26.2 Å². The van der Waals surface area contributed by atoms with E-state index in [4.69, 9.17) is 0 Å². The third-order valence-corrected chi connectivity index (χ3v) is 5.68. The van der Waals surface area contributed by atoms with E-state index in [9.17, 15) is 14.9 Å². The maximum Gasteiger partial charge on any atom is 0.312 e. The number of aryl methyl sites for hydroxylation is 1. The molecule has 1 aliphatic rings. The van der Waals surface area contributed by atoms with Gasteiger partial charge in [0.15, 0.2) is 0 Å². The number of nitro groups is 1. The lowest BCUT2D eigenvalue weighted by atomic mass is 9.91. The second-order valence-corrected chi connectivity index (χ2v) is 8.67. The zero-order valence-electron chi connectivity index (χ0n) is 18.2. The van der Waals surface area contributed by atoms with Crippen molar-refractivity contribution in [1.29, 1.82) is 0 Å². The van der Waals surface area contributed by atoms with Crippen LogP contribution < -0.4 is 5.32 Å². The van der Waals surface area contributed by atoms with Crippen LogP contribution in [0.5, 0.6) is 0 Å². The second kappa shape index (κ2) is 9.38. The van der Waals surface area contributed by atoms with Gasteiger partial charge in [-0.25, -0.2) is 0 Å². The molecule has 1 aliphatic heterocycles. The first-order chi connectivity index (χ1) is 14.2. The number of rotatable bonds is 7. The zero-order valence-corrected chi connectivity index (χ0v) is 18.2. The summed E-state index contributed by atoms with van der Waals surface area (Å²) < 4.78 is 1.38. The Bertz CT molecular complexity index is 896. The molecule has 1 aromatic carbocycles. The fraction of sp³-hybridized carbons (Fsp3) is 0.545. The highest BCUT2D eigenvalue weighted by atomic mass is 16.6. The third kappa shape index (κ3) is 5.44. The highest BCUT2D eigenvalue weighted by Crippen LogP contribution is 2.23. The van der Waals surface area contributed by atoms with E-state index in [0.29, 0.717) is 17.9 Å². The van der Waals surface area contributed by atoms with Crippen molar-refractivity contribution in [3.05, 3.63) is 56.9 Å². The molecular formula is C22H31N5O3. The predicted molar refractivity (Wildman–Crippen MR) is 115 cm³/mol. The van der Waals surface area contributed by atoms with Gasteiger partial charge in [0.1, 0.15) is 17.9 Å². The number of piperidine rings is 1. The summed E-state index contributed by atoms with van der Waals surface area (Å²) in [5.74, 6) is 1.26. The Labute approximate surface area is 177 Å². The average Bonchev–Trinajstić information content (AvgIpc) is 2.93. The summed E-state index contributed by atoms with van der Waals surface area (Å²) in [5.41, 5.74) is 2.97. The van der Waals surface area contributed by atoms with E-state index in [2.05, 4.69) is 41.3 Å². The highest BCUT2D eigenvalue weighted by Gasteiger charge is 2.23. The summed E-state index contributed by atoms with van der Waals surface area (Å²) >= 11 is 0. The molecule has 8 heteroatoms. The fourth-order valence-electron chi connectivity index (χ4n) is 4.44. The molecule has 1 saturated heterocycles. The van der Waals surface area contributed by atoms with Crippen molar-refractivity contribution in [2.75, 3.05) is 13.1 Å². The number of nitrogens with one attached hydrogen (secondary N) is 1. The molecule has 0 radical (unpaired) electrons. The van der Waals surface area contributed by atoms with Crippen LogP contribution in [0.2, 0.25) is 0 Å².